The highest BCUT2D eigenvalue weighted by Crippen LogP contribution is 2.29. The second-order valence-corrected chi connectivity index (χ2v) is 4.00. The third kappa shape index (κ3) is 1.69. The first kappa shape index (κ1) is 10.9. The van der Waals surface area contributed by atoms with Gasteiger partial charge in [-0.25, -0.2) is 0 Å². The summed E-state index contributed by atoms with van der Waals surface area (Å²) in [6.07, 6.45) is 0.495. The quantitative estimate of drug-likeness (QED) is 0.649. The molecule has 1 saturated heterocycles. The van der Waals surface area contributed by atoms with Crippen molar-refractivity contribution in [2.24, 2.45) is 0 Å². The van der Waals surface area contributed by atoms with Gasteiger partial charge in [0.05, 0.1) is 0 Å². The van der Waals surface area contributed by atoms with Crippen LogP contribution in [0.3, 0.4) is 0 Å². The molecule has 0 bridgehead atoms. The maximum atomic E-state index is 11.6. The van der Waals surface area contributed by atoms with Crippen LogP contribution in [-0.4, -0.2) is 34.5 Å². The zero-order valence-corrected chi connectivity index (χ0v) is 8.79. The van der Waals surface area contributed by atoms with E-state index in [-0.39, 0.29) is 23.9 Å². The molecule has 1 aliphatic rings. The summed E-state index contributed by atoms with van der Waals surface area (Å²) >= 11 is 0. The molecule has 0 N–H and O–H groups in total. The number of likely N-dealkylation sites (tertiary alicyclic amines) is 1. The lowest BCUT2D eigenvalue weighted by Gasteiger charge is -2.32. The summed E-state index contributed by atoms with van der Waals surface area (Å²) in [7, 11) is 0. The summed E-state index contributed by atoms with van der Waals surface area (Å²) in [5.74, 6) is -0.212. The molecule has 0 unspecified atom stereocenters. The van der Waals surface area contributed by atoms with Gasteiger partial charge in [0.15, 0.2) is 5.78 Å². The van der Waals surface area contributed by atoms with Crippen molar-refractivity contribution < 1.29 is 14.4 Å². The fourth-order valence-electron chi connectivity index (χ4n) is 2.06. The van der Waals surface area contributed by atoms with Crippen molar-refractivity contribution in [1.82, 2.24) is 4.90 Å². The molecule has 14 heavy (non-hydrogen) atoms. The van der Waals surface area contributed by atoms with Gasteiger partial charge in [0.2, 0.25) is 5.91 Å². The van der Waals surface area contributed by atoms with Crippen molar-refractivity contribution in [3.8, 4) is 0 Å². The highest BCUT2D eigenvalue weighted by molar-refractivity contribution is 5.98. The molecule has 1 aliphatic heterocycles. The molecule has 0 aromatic carbocycles. The first-order valence-corrected chi connectivity index (χ1v) is 4.69. The minimum absolute atomic E-state index is 0.0112. The number of hydrogen-bond acceptors (Lipinski definition) is 3. The summed E-state index contributed by atoms with van der Waals surface area (Å²) in [5, 5.41) is 0. The number of hydrogen-bond donors (Lipinski definition) is 0. The molecule has 1 heterocycles. The Bertz CT molecular complexity index is 298. The Morgan fingerprint density at radius 3 is 2.43 bits per heavy atom. The first-order valence-electron chi connectivity index (χ1n) is 4.69. The van der Waals surface area contributed by atoms with Crippen LogP contribution in [0.1, 0.15) is 33.6 Å². The number of rotatable bonds is 2. The van der Waals surface area contributed by atoms with Crippen LogP contribution in [0, 0.1) is 0 Å². The van der Waals surface area contributed by atoms with Crippen molar-refractivity contribution >= 4 is 17.5 Å². The lowest BCUT2D eigenvalue weighted by atomic mass is 9.91. The maximum absolute atomic E-state index is 11.6. The maximum Gasteiger partial charge on any atom is 0.220 e. The molecule has 4 heteroatoms. The van der Waals surface area contributed by atoms with Crippen molar-refractivity contribution in [2.75, 3.05) is 6.54 Å². The minimum atomic E-state index is -0.891. The fourth-order valence-corrected chi connectivity index (χ4v) is 2.06. The van der Waals surface area contributed by atoms with E-state index >= 15 is 0 Å². The zero-order chi connectivity index (χ0) is 10.9. The number of Topliss-reactive ketones (excluding diaryl/α,β-unsaturated/α-hetero) is 2. The summed E-state index contributed by atoms with van der Waals surface area (Å²) in [5.41, 5.74) is -0.891. The summed E-state index contributed by atoms with van der Waals surface area (Å²) in [6, 6.07) is 0. The van der Waals surface area contributed by atoms with Crippen LogP contribution in [-0.2, 0) is 14.4 Å². The summed E-state index contributed by atoms with van der Waals surface area (Å²) in [4.78, 5) is 35.4. The molecule has 0 radical (unpaired) electrons. The number of carbonyl (C=O) groups excluding carboxylic acids is 3. The van der Waals surface area contributed by atoms with Crippen LogP contribution in [0.4, 0.5) is 0 Å². The third-order valence-electron chi connectivity index (χ3n) is 2.73. The van der Waals surface area contributed by atoms with Gasteiger partial charge in [-0.3, -0.25) is 14.4 Å². The Morgan fingerprint density at radius 2 is 2.00 bits per heavy atom. The minimum Gasteiger partial charge on any atom is -0.330 e. The smallest absolute Gasteiger partial charge is 0.220 e. The van der Waals surface area contributed by atoms with Gasteiger partial charge in [0, 0.05) is 26.3 Å². The van der Waals surface area contributed by atoms with Gasteiger partial charge in [-0.05, 0) is 13.8 Å². The van der Waals surface area contributed by atoms with Crippen LogP contribution in [0.25, 0.3) is 0 Å². The number of amides is 1. The lowest BCUT2D eigenvalue weighted by molar-refractivity contribution is -0.140. The first-order chi connectivity index (χ1) is 6.38. The highest BCUT2D eigenvalue weighted by atomic mass is 16.2. The molecule has 0 spiro atoms. The standard InChI is InChI=1S/C10H15NO3/c1-7(12)6-10(3)9(14)4-5-11(10)8(2)13/h4-6H2,1-3H3/t10-/m0/s1. The van der Waals surface area contributed by atoms with Crippen molar-refractivity contribution in [3.05, 3.63) is 0 Å². The van der Waals surface area contributed by atoms with Crippen molar-refractivity contribution in [2.45, 2.75) is 39.2 Å². The lowest BCUT2D eigenvalue weighted by Crippen LogP contribution is -2.49. The number of nitrogens with zero attached hydrogens (tertiary/aromatic N) is 1. The van der Waals surface area contributed by atoms with E-state index < -0.39 is 5.54 Å². The van der Waals surface area contributed by atoms with Crippen LogP contribution < -0.4 is 0 Å². The van der Waals surface area contributed by atoms with E-state index in [0.29, 0.717) is 13.0 Å². The molecule has 0 aromatic rings. The Kier molecular flexibility index (Phi) is 2.73. The molecule has 0 aromatic heterocycles. The molecule has 1 fully saturated rings. The predicted molar refractivity (Wildman–Crippen MR) is 50.7 cm³/mol. The molecule has 4 nitrogen and oxygen atoms in total. The van der Waals surface area contributed by atoms with E-state index in [4.69, 9.17) is 0 Å². The average molecular weight is 197 g/mol. The highest BCUT2D eigenvalue weighted by Gasteiger charge is 2.46. The molecule has 0 saturated carbocycles. The molecule has 0 aliphatic carbocycles. The fraction of sp³-hybridized carbons (Fsp3) is 0.700. The second kappa shape index (κ2) is 3.52. The Labute approximate surface area is 83.3 Å². The second-order valence-electron chi connectivity index (χ2n) is 4.00. The van der Waals surface area contributed by atoms with E-state index in [1.807, 2.05) is 0 Å². The van der Waals surface area contributed by atoms with Gasteiger partial charge >= 0.3 is 0 Å². The van der Waals surface area contributed by atoms with Crippen molar-refractivity contribution in [1.29, 1.82) is 0 Å². The van der Waals surface area contributed by atoms with E-state index in [9.17, 15) is 14.4 Å². The predicted octanol–water partition coefficient (Wildman–Crippen LogP) is 0.545. The summed E-state index contributed by atoms with van der Waals surface area (Å²) < 4.78 is 0. The van der Waals surface area contributed by atoms with Crippen LogP contribution in [0.15, 0.2) is 0 Å². The molecule has 1 amide bonds. The molecule has 1 atom stereocenters. The average Bonchev–Trinajstić information content (AvgIpc) is 2.26. The van der Waals surface area contributed by atoms with Gasteiger partial charge < -0.3 is 4.90 Å². The van der Waals surface area contributed by atoms with Crippen LogP contribution in [0.5, 0.6) is 0 Å². The molecule has 1 rings (SSSR count). The SMILES string of the molecule is CC(=O)C[C@@]1(C)C(=O)CCN1C(C)=O. The van der Waals surface area contributed by atoms with Crippen molar-refractivity contribution in [3.63, 3.8) is 0 Å². The normalized spacial score (nSPS) is 26.8. The third-order valence-corrected chi connectivity index (χ3v) is 2.73. The molecule has 78 valence electrons. The number of carbonyl (C=O) groups is 3. The van der Waals surface area contributed by atoms with Gasteiger partial charge in [-0.15, -0.1) is 0 Å². The van der Waals surface area contributed by atoms with Gasteiger partial charge in [0.25, 0.3) is 0 Å². The Hall–Kier alpha value is -1.19. The van der Waals surface area contributed by atoms with Crippen LogP contribution >= 0.6 is 0 Å². The Balaban J connectivity index is 2.94. The number of ketones is 2. The summed E-state index contributed by atoms with van der Waals surface area (Å²) in [6.45, 7) is 4.98. The van der Waals surface area contributed by atoms with Gasteiger partial charge in [0.1, 0.15) is 11.3 Å². The van der Waals surface area contributed by atoms with E-state index in [2.05, 4.69) is 0 Å². The van der Waals surface area contributed by atoms with Gasteiger partial charge in [-0.2, -0.15) is 0 Å². The van der Waals surface area contributed by atoms with E-state index in [1.165, 1.54) is 18.7 Å². The largest absolute Gasteiger partial charge is 0.330 e. The van der Waals surface area contributed by atoms with Crippen LogP contribution in [0.2, 0.25) is 0 Å². The van der Waals surface area contributed by atoms with E-state index in [0.717, 1.165) is 0 Å². The topological polar surface area (TPSA) is 54.5 Å². The van der Waals surface area contributed by atoms with Gasteiger partial charge in [-0.1, -0.05) is 0 Å². The molecular formula is C10H15NO3. The zero-order valence-electron chi connectivity index (χ0n) is 8.79. The monoisotopic (exact) mass is 197 g/mol. The van der Waals surface area contributed by atoms with E-state index in [1.54, 1.807) is 6.92 Å². The Morgan fingerprint density at radius 1 is 1.43 bits per heavy atom. The molecular weight excluding hydrogens is 182 g/mol.